The number of hydrogen-bond donors (Lipinski definition) is 0. The first-order valence-corrected chi connectivity index (χ1v) is 8.31. The molecule has 1 saturated carbocycles. The third-order valence-corrected chi connectivity index (χ3v) is 5.03. The molecule has 0 radical (unpaired) electrons. The first-order chi connectivity index (χ1) is 9.78. The quantitative estimate of drug-likeness (QED) is 0.772. The largest absolute Gasteiger partial charge is 0.226 e. The summed E-state index contributed by atoms with van der Waals surface area (Å²) in [5.74, 6) is 1.45. The molecule has 0 saturated heterocycles. The number of rotatable bonds is 3. The maximum absolute atomic E-state index is 6.12. The van der Waals surface area contributed by atoms with Crippen molar-refractivity contribution in [1.82, 2.24) is 9.97 Å². The van der Waals surface area contributed by atoms with E-state index in [0.29, 0.717) is 11.1 Å². The summed E-state index contributed by atoms with van der Waals surface area (Å²) in [6, 6.07) is 8.63. The van der Waals surface area contributed by atoms with E-state index in [0.717, 1.165) is 10.9 Å². The molecular formula is C16H15ClN2S. The summed E-state index contributed by atoms with van der Waals surface area (Å²) in [4.78, 5) is 10.2. The van der Waals surface area contributed by atoms with E-state index < -0.39 is 0 Å². The summed E-state index contributed by atoms with van der Waals surface area (Å²) < 4.78 is 0. The highest BCUT2D eigenvalue weighted by Crippen LogP contribution is 2.40. The van der Waals surface area contributed by atoms with Crippen LogP contribution in [0.15, 0.2) is 34.2 Å². The summed E-state index contributed by atoms with van der Waals surface area (Å²) in [6.45, 7) is 0. The molecular weight excluding hydrogens is 288 g/mol. The van der Waals surface area contributed by atoms with Crippen molar-refractivity contribution in [2.24, 2.45) is 0 Å². The normalized spacial score (nSPS) is 17.2. The molecule has 4 rings (SSSR count). The van der Waals surface area contributed by atoms with Gasteiger partial charge in [-0.1, -0.05) is 29.4 Å². The summed E-state index contributed by atoms with van der Waals surface area (Å²) in [7, 11) is 0. The lowest BCUT2D eigenvalue weighted by Crippen LogP contribution is -1.94. The van der Waals surface area contributed by atoms with E-state index in [1.165, 1.54) is 48.1 Å². The van der Waals surface area contributed by atoms with Crippen LogP contribution < -0.4 is 0 Å². The van der Waals surface area contributed by atoms with Gasteiger partial charge in [0.25, 0.3) is 0 Å². The minimum absolute atomic E-state index is 0.535. The summed E-state index contributed by atoms with van der Waals surface area (Å²) in [6.07, 6.45) is 6.12. The summed E-state index contributed by atoms with van der Waals surface area (Å²) in [5.41, 5.74) is 3.01. The molecule has 0 atom stereocenters. The minimum Gasteiger partial charge on any atom is -0.226 e. The summed E-state index contributed by atoms with van der Waals surface area (Å²) >= 11 is 7.81. The molecule has 2 aliphatic carbocycles. The van der Waals surface area contributed by atoms with Gasteiger partial charge < -0.3 is 0 Å². The van der Waals surface area contributed by atoms with Crippen LogP contribution >= 0.6 is 23.4 Å². The number of nitrogens with zero attached hydrogens (tertiary/aromatic N) is 2. The molecule has 0 amide bonds. The number of benzene rings is 1. The number of hydrogen-bond acceptors (Lipinski definition) is 3. The molecule has 1 fully saturated rings. The van der Waals surface area contributed by atoms with Gasteiger partial charge in [-0.15, -0.1) is 0 Å². The standard InChI is InChI=1S/C16H15ClN2S/c17-14-9-15(19-16(18-14)11-4-5-11)20-13-7-6-10-2-1-3-12(10)8-13/h6-9,11H,1-5H2. The fraction of sp³-hybridized carbons (Fsp3) is 0.375. The fourth-order valence-corrected chi connectivity index (χ4v) is 3.87. The Hall–Kier alpha value is -1.06. The zero-order chi connectivity index (χ0) is 13.5. The predicted molar refractivity (Wildman–Crippen MR) is 81.6 cm³/mol. The van der Waals surface area contributed by atoms with Crippen LogP contribution in [-0.2, 0) is 12.8 Å². The number of fused-ring (bicyclic) bond motifs is 1. The lowest BCUT2D eigenvalue weighted by atomic mass is 10.1. The average molecular weight is 303 g/mol. The highest BCUT2D eigenvalue weighted by atomic mass is 35.5. The molecule has 1 heterocycles. The van der Waals surface area contributed by atoms with Gasteiger partial charge in [0.05, 0.1) is 0 Å². The van der Waals surface area contributed by atoms with E-state index in [9.17, 15) is 0 Å². The van der Waals surface area contributed by atoms with Crippen LogP contribution in [0.4, 0.5) is 0 Å². The molecule has 2 aliphatic rings. The van der Waals surface area contributed by atoms with Gasteiger partial charge in [0.15, 0.2) is 0 Å². The van der Waals surface area contributed by atoms with E-state index in [4.69, 9.17) is 11.6 Å². The summed E-state index contributed by atoms with van der Waals surface area (Å²) in [5, 5.41) is 1.52. The van der Waals surface area contributed by atoms with Crippen LogP contribution in [0.1, 0.15) is 42.1 Å². The molecule has 0 N–H and O–H groups in total. The molecule has 0 spiro atoms. The van der Waals surface area contributed by atoms with Gasteiger partial charge in [-0.05, 0) is 55.4 Å². The van der Waals surface area contributed by atoms with Crippen molar-refractivity contribution < 1.29 is 0 Å². The van der Waals surface area contributed by atoms with Gasteiger partial charge in [0.2, 0.25) is 0 Å². The predicted octanol–water partition coefficient (Wildman–Crippen LogP) is 4.65. The van der Waals surface area contributed by atoms with E-state index in [1.807, 2.05) is 6.07 Å². The molecule has 4 heteroatoms. The minimum atomic E-state index is 0.535. The molecule has 0 bridgehead atoms. The van der Waals surface area contributed by atoms with Crippen molar-refractivity contribution in [2.75, 3.05) is 0 Å². The SMILES string of the molecule is Clc1cc(Sc2ccc3c(c2)CCC3)nc(C2CC2)n1. The topological polar surface area (TPSA) is 25.8 Å². The number of halogens is 1. The highest BCUT2D eigenvalue weighted by Gasteiger charge is 2.27. The van der Waals surface area contributed by atoms with Crippen molar-refractivity contribution in [1.29, 1.82) is 0 Å². The second kappa shape index (κ2) is 5.05. The third-order valence-electron chi connectivity index (χ3n) is 3.92. The second-order valence-corrected chi connectivity index (χ2v) is 7.03. The van der Waals surface area contributed by atoms with Gasteiger partial charge in [-0.2, -0.15) is 0 Å². The average Bonchev–Trinajstić information content (AvgIpc) is 3.17. The Labute approximate surface area is 128 Å². The molecule has 0 unspecified atom stereocenters. The van der Waals surface area contributed by atoms with Crippen LogP contribution in [0.3, 0.4) is 0 Å². The molecule has 102 valence electrons. The third kappa shape index (κ3) is 2.57. The van der Waals surface area contributed by atoms with Crippen molar-refractivity contribution in [3.63, 3.8) is 0 Å². The van der Waals surface area contributed by atoms with E-state index >= 15 is 0 Å². The van der Waals surface area contributed by atoms with Gasteiger partial charge in [-0.25, -0.2) is 9.97 Å². The monoisotopic (exact) mass is 302 g/mol. The number of aromatic nitrogens is 2. The molecule has 0 aliphatic heterocycles. The second-order valence-electron chi connectivity index (χ2n) is 5.55. The van der Waals surface area contributed by atoms with Crippen LogP contribution in [-0.4, -0.2) is 9.97 Å². The van der Waals surface area contributed by atoms with Crippen LogP contribution in [0.5, 0.6) is 0 Å². The molecule has 20 heavy (non-hydrogen) atoms. The Balaban J connectivity index is 1.62. The van der Waals surface area contributed by atoms with Crippen molar-refractivity contribution in [3.05, 3.63) is 46.4 Å². The maximum Gasteiger partial charge on any atom is 0.134 e. The maximum atomic E-state index is 6.12. The van der Waals surface area contributed by atoms with Crippen LogP contribution in [0, 0.1) is 0 Å². The zero-order valence-electron chi connectivity index (χ0n) is 11.1. The molecule has 1 aromatic heterocycles. The Morgan fingerprint density at radius 1 is 1.05 bits per heavy atom. The fourth-order valence-electron chi connectivity index (χ4n) is 2.72. The van der Waals surface area contributed by atoms with E-state index in [2.05, 4.69) is 28.2 Å². The van der Waals surface area contributed by atoms with Crippen LogP contribution in [0.25, 0.3) is 0 Å². The first-order valence-electron chi connectivity index (χ1n) is 7.12. The van der Waals surface area contributed by atoms with E-state index in [-0.39, 0.29) is 0 Å². The Bertz CT molecular complexity index is 668. The number of aryl methyl sites for hydroxylation is 2. The smallest absolute Gasteiger partial charge is 0.134 e. The lowest BCUT2D eigenvalue weighted by Gasteiger charge is -2.06. The van der Waals surface area contributed by atoms with Gasteiger partial charge in [0, 0.05) is 16.9 Å². The first kappa shape index (κ1) is 12.7. The van der Waals surface area contributed by atoms with Crippen molar-refractivity contribution >= 4 is 23.4 Å². The van der Waals surface area contributed by atoms with Gasteiger partial charge in [-0.3, -0.25) is 0 Å². The lowest BCUT2D eigenvalue weighted by molar-refractivity contribution is 0.878. The molecule has 2 nitrogen and oxygen atoms in total. The van der Waals surface area contributed by atoms with E-state index in [1.54, 1.807) is 11.8 Å². The van der Waals surface area contributed by atoms with Crippen molar-refractivity contribution in [3.8, 4) is 0 Å². The molecule has 1 aromatic carbocycles. The molecule has 2 aromatic rings. The highest BCUT2D eigenvalue weighted by molar-refractivity contribution is 7.99. The Morgan fingerprint density at radius 2 is 1.90 bits per heavy atom. The zero-order valence-corrected chi connectivity index (χ0v) is 12.7. The Morgan fingerprint density at radius 3 is 2.75 bits per heavy atom. The van der Waals surface area contributed by atoms with Crippen LogP contribution in [0.2, 0.25) is 5.15 Å². The van der Waals surface area contributed by atoms with Crippen molar-refractivity contribution in [2.45, 2.75) is 47.9 Å². The van der Waals surface area contributed by atoms with Gasteiger partial charge >= 0.3 is 0 Å². The van der Waals surface area contributed by atoms with Gasteiger partial charge in [0.1, 0.15) is 16.0 Å². The Kier molecular flexibility index (Phi) is 3.20.